The molecule has 0 spiro atoms. The fraction of sp³-hybridized carbons (Fsp3) is 0.444. The molecule has 1 aromatic heterocycles. The van der Waals surface area contributed by atoms with Gasteiger partial charge in [-0.15, -0.1) is 0 Å². The number of fused-ring (bicyclic) bond motifs is 1. The Morgan fingerprint density at radius 1 is 1.36 bits per heavy atom. The Morgan fingerprint density at radius 2 is 2.00 bits per heavy atom. The van der Waals surface area contributed by atoms with Gasteiger partial charge in [-0.1, -0.05) is 20.8 Å². The maximum absolute atomic E-state index is 12.7. The molecule has 0 aliphatic carbocycles. The van der Waals surface area contributed by atoms with Crippen LogP contribution < -0.4 is 0 Å². The van der Waals surface area contributed by atoms with Crippen molar-refractivity contribution in [2.45, 2.75) is 47.1 Å². The van der Waals surface area contributed by atoms with Gasteiger partial charge in [-0.25, -0.2) is 0 Å². The minimum atomic E-state index is -0.643. The Hall–Kier alpha value is -2.70. The van der Waals surface area contributed by atoms with Gasteiger partial charge in [0, 0.05) is 29.1 Å². The molecule has 0 aliphatic rings. The number of ether oxygens (including phenoxy) is 1. The number of carbonyl (C=O) groups excluding carboxylic acids is 1. The Morgan fingerprint density at radius 3 is 2.52 bits per heavy atom. The van der Waals surface area contributed by atoms with Crippen molar-refractivity contribution in [1.29, 1.82) is 5.41 Å². The first-order valence-corrected chi connectivity index (χ1v) is 8.08. The van der Waals surface area contributed by atoms with E-state index in [1.54, 1.807) is 33.0 Å². The number of non-ortho nitro benzene ring substituents is 1. The van der Waals surface area contributed by atoms with E-state index in [4.69, 9.17) is 10.1 Å². The van der Waals surface area contributed by atoms with Gasteiger partial charge in [0.15, 0.2) is 5.90 Å². The monoisotopic (exact) mass is 345 g/mol. The number of nitrogens with zero attached hydrogens (tertiary/aromatic N) is 2. The Kier molecular flexibility index (Phi) is 4.97. The predicted molar refractivity (Wildman–Crippen MR) is 96.3 cm³/mol. The van der Waals surface area contributed by atoms with E-state index in [1.165, 1.54) is 16.7 Å². The van der Waals surface area contributed by atoms with Crippen molar-refractivity contribution in [2.75, 3.05) is 0 Å². The van der Waals surface area contributed by atoms with Crippen LogP contribution in [0.3, 0.4) is 0 Å². The third-order valence-corrected chi connectivity index (χ3v) is 3.67. The molecule has 1 heterocycles. The summed E-state index contributed by atoms with van der Waals surface area (Å²) in [5.74, 6) is -0.0730. The fourth-order valence-corrected chi connectivity index (χ4v) is 2.57. The molecule has 0 unspecified atom stereocenters. The molecular formula is C18H23N3O4. The first-order valence-electron chi connectivity index (χ1n) is 8.08. The molecule has 1 N–H and O–H groups in total. The molecule has 0 radical (unpaired) electrons. The molecule has 7 heteroatoms. The molecule has 7 nitrogen and oxygen atoms in total. The minimum absolute atomic E-state index is 0.0754. The van der Waals surface area contributed by atoms with E-state index < -0.39 is 10.3 Å². The van der Waals surface area contributed by atoms with Gasteiger partial charge in [-0.2, -0.15) is 0 Å². The second-order valence-corrected chi connectivity index (χ2v) is 7.30. The van der Waals surface area contributed by atoms with Gasteiger partial charge in [-0.05, 0) is 25.5 Å². The maximum Gasteiger partial charge on any atom is 0.271 e. The topological polar surface area (TPSA) is 98.2 Å². The lowest BCUT2D eigenvalue weighted by Gasteiger charge is -2.17. The molecule has 0 bridgehead atoms. The summed E-state index contributed by atoms with van der Waals surface area (Å²) < 4.78 is 6.83. The summed E-state index contributed by atoms with van der Waals surface area (Å²) in [5.41, 5.74) is 0.485. The van der Waals surface area contributed by atoms with Crippen molar-refractivity contribution in [3.63, 3.8) is 0 Å². The average molecular weight is 345 g/mol. The van der Waals surface area contributed by atoms with Gasteiger partial charge < -0.3 is 4.74 Å². The number of hydrogen-bond donors (Lipinski definition) is 1. The predicted octanol–water partition coefficient (Wildman–Crippen LogP) is 4.18. The summed E-state index contributed by atoms with van der Waals surface area (Å²) >= 11 is 0. The maximum atomic E-state index is 12.7. The van der Waals surface area contributed by atoms with Gasteiger partial charge in [0.05, 0.1) is 23.0 Å². The van der Waals surface area contributed by atoms with Crippen LogP contribution in [0.4, 0.5) is 5.69 Å². The summed E-state index contributed by atoms with van der Waals surface area (Å²) in [6, 6.07) is 4.43. The second-order valence-electron chi connectivity index (χ2n) is 7.30. The normalized spacial score (nSPS) is 11.8. The molecule has 2 rings (SSSR count). The zero-order chi connectivity index (χ0) is 18.9. The molecule has 0 aliphatic heterocycles. The van der Waals surface area contributed by atoms with Crippen LogP contribution in [0.25, 0.3) is 10.9 Å². The van der Waals surface area contributed by atoms with Crippen LogP contribution in [-0.2, 0) is 11.2 Å². The van der Waals surface area contributed by atoms with E-state index in [0.717, 1.165) is 5.56 Å². The summed E-state index contributed by atoms with van der Waals surface area (Å²) in [6.45, 7) is 9.06. The van der Waals surface area contributed by atoms with Crippen LogP contribution in [-0.4, -0.2) is 27.4 Å². The number of rotatable bonds is 4. The average Bonchev–Trinajstić information content (AvgIpc) is 2.82. The van der Waals surface area contributed by atoms with Crippen LogP contribution >= 0.6 is 0 Å². The van der Waals surface area contributed by atoms with Crippen LogP contribution in [0.15, 0.2) is 24.4 Å². The highest BCUT2D eigenvalue weighted by molar-refractivity contribution is 5.98. The number of benzene rings is 1. The standard InChI is InChI=1S/C18H23N3O4/c1-11(2)25-16(19)8-12-10-20(17(22)18(3,4)5)15-9-13(21(23)24)6-7-14(12)15/h6-7,9-11,19H,8H2,1-5H3. The van der Waals surface area contributed by atoms with E-state index in [-0.39, 0.29) is 30.0 Å². The van der Waals surface area contributed by atoms with Crippen molar-refractivity contribution in [3.05, 3.63) is 40.1 Å². The molecule has 0 fully saturated rings. The molecule has 25 heavy (non-hydrogen) atoms. The van der Waals surface area contributed by atoms with Gasteiger partial charge in [-0.3, -0.25) is 24.9 Å². The molecule has 0 saturated carbocycles. The lowest BCUT2D eigenvalue weighted by atomic mass is 9.95. The zero-order valence-electron chi connectivity index (χ0n) is 15.1. The Labute approximate surface area is 146 Å². The van der Waals surface area contributed by atoms with Gasteiger partial charge in [0.25, 0.3) is 5.69 Å². The third kappa shape index (κ3) is 4.04. The number of nitro benzene ring substituents is 1. The number of aromatic nitrogens is 1. The first kappa shape index (κ1) is 18.6. The second kappa shape index (κ2) is 6.66. The van der Waals surface area contributed by atoms with Crippen molar-refractivity contribution in [2.24, 2.45) is 5.41 Å². The number of nitro groups is 1. The summed E-state index contributed by atoms with van der Waals surface area (Å²) in [7, 11) is 0. The van der Waals surface area contributed by atoms with Crippen molar-refractivity contribution < 1.29 is 14.5 Å². The largest absolute Gasteiger partial charge is 0.478 e. The molecule has 0 amide bonds. The molecule has 0 atom stereocenters. The Balaban J connectivity index is 2.58. The van der Waals surface area contributed by atoms with Crippen molar-refractivity contribution in [3.8, 4) is 0 Å². The zero-order valence-corrected chi connectivity index (χ0v) is 15.1. The van der Waals surface area contributed by atoms with Crippen molar-refractivity contribution in [1.82, 2.24) is 4.57 Å². The molecule has 1 aromatic carbocycles. The molecule has 134 valence electrons. The van der Waals surface area contributed by atoms with Gasteiger partial charge in [0.1, 0.15) is 0 Å². The summed E-state index contributed by atoms with van der Waals surface area (Å²) in [6.07, 6.45) is 1.76. The highest BCUT2D eigenvalue weighted by Crippen LogP contribution is 2.29. The lowest BCUT2D eigenvalue weighted by Crippen LogP contribution is -2.26. The third-order valence-electron chi connectivity index (χ3n) is 3.67. The van der Waals surface area contributed by atoms with E-state index in [9.17, 15) is 14.9 Å². The first-order chi connectivity index (χ1) is 11.5. The summed E-state index contributed by atoms with van der Waals surface area (Å²) in [4.78, 5) is 23.3. The number of carbonyl (C=O) groups is 1. The van der Waals surface area contributed by atoms with Gasteiger partial charge >= 0.3 is 0 Å². The number of hydrogen-bond acceptors (Lipinski definition) is 5. The molecular weight excluding hydrogens is 322 g/mol. The summed E-state index contributed by atoms with van der Waals surface area (Å²) in [5, 5.41) is 19.8. The number of nitrogens with one attached hydrogen (secondary N) is 1. The molecule has 0 saturated heterocycles. The minimum Gasteiger partial charge on any atom is -0.478 e. The Bertz CT molecular complexity index is 844. The van der Waals surface area contributed by atoms with Crippen LogP contribution in [0.1, 0.15) is 45.0 Å². The van der Waals surface area contributed by atoms with E-state index >= 15 is 0 Å². The van der Waals surface area contributed by atoms with Crippen molar-refractivity contribution >= 4 is 28.4 Å². The van der Waals surface area contributed by atoms with Crippen LogP contribution in [0, 0.1) is 20.9 Å². The van der Waals surface area contributed by atoms with Crippen LogP contribution in [0.2, 0.25) is 0 Å². The van der Waals surface area contributed by atoms with E-state index in [1.807, 2.05) is 13.8 Å². The molecule has 2 aromatic rings. The van der Waals surface area contributed by atoms with Gasteiger partial charge in [0.2, 0.25) is 5.91 Å². The van der Waals surface area contributed by atoms with E-state index in [2.05, 4.69) is 0 Å². The SMILES string of the molecule is CC(C)OC(=N)Cc1cn(C(=O)C(C)(C)C)c2cc([N+](=O)[O-])ccc12. The highest BCUT2D eigenvalue weighted by Gasteiger charge is 2.26. The fourth-order valence-electron chi connectivity index (χ4n) is 2.57. The highest BCUT2D eigenvalue weighted by atomic mass is 16.6. The van der Waals surface area contributed by atoms with Crippen LogP contribution in [0.5, 0.6) is 0 Å². The lowest BCUT2D eigenvalue weighted by molar-refractivity contribution is -0.384. The smallest absolute Gasteiger partial charge is 0.271 e. The van der Waals surface area contributed by atoms with E-state index in [0.29, 0.717) is 10.9 Å². The quantitative estimate of drug-likeness (QED) is 0.389.